The molecule has 2 heterocycles. The monoisotopic (exact) mass is 370 g/mol. The maximum atomic E-state index is 12.3. The third-order valence-corrected chi connectivity index (χ3v) is 4.51. The van der Waals surface area contributed by atoms with Crippen LogP contribution in [0.1, 0.15) is 18.3 Å². The summed E-state index contributed by atoms with van der Waals surface area (Å²) in [5, 5.41) is 2.82. The Morgan fingerprint density at radius 3 is 2.81 bits per heavy atom. The van der Waals surface area contributed by atoms with Crippen molar-refractivity contribution in [1.29, 1.82) is 0 Å². The molecule has 8 heteroatoms. The number of aromatic amines is 1. The number of aryl methyl sites for hydroxylation is 1. The summed E-state index contributed by atoms with van der Waals surface area (Å²) in [6, 6.07) is 10.9. The highest BCUT2D eigenvalue weighted by molar-refractivity contribution is 8.00. The van der Waals surface area contributed by atoms with Crippen LogP contribution in [0.2, 0.25) is 0 Å². The summed E-state index contributed by atoms with van der Waals surface area (Å²) in [4.78, 5) is 34.9. The molecule has 3 aromatic rings. The van der Waals surface area contributed by atoms with Crippen LogP contribution < -0.4 is 10.9 Å². The normalized spacial score (nSPS) is 11.9. The standard InChI is InChI=1S/C18H18N4O3S/c1-11-8-15(23)22-18(20-11)26-12(2)16(24)19-9-14-10-25-17(21-14)13-6-4-3-5-7-13/h3-8,10,12H,9H2,1-2H3,(H,19,24)(H,20,22,23). The lowest BCUT2D eigenvalue weighted by atomic mass is 10.2. The Bertz CT molecular complexity index is 952. The molecule has 0 bridgehead atoms. The van der Waals surface area contributed by atoms with E-state index in [9.17, 15) is 9.59 Å². The van der Waals surface area contributed by atoms with E-state index < -0.39 is 5.25 Å². The lowest BCUT2D eigenvalue weighted by molar-refractivity contribution is -0.120. The molecule has 1 unspecified atom stereocenters. The minimum absolute atomic E-state index is 0.177. The zero-order chi connectivity index (χ0) is 18.5. The largest absolute Gasteiger partial charge is 0.444 e. The molecular weight excluding hydrogens is 352 g/mol. The van der Waals surface area contributed by atoms with Crippen LogP contribution in [-0.4, -0.2) is 26.1 Å². The van der Waals surface area contributed by atoms with Crippen molar-refractivity contribution in [3.63, 3.8) is 0 Å². The minimum Gasteiger partial charge on any atom is -0.444 e. The Morgan fingerprint density at radius 2 is 2.08 bits per heavy atom. The molecule has 134 valence electrons. The zero-order valence-electron chi connectivity index (χ0n) is 14.4. The number of benzene rings is 1. The summed E-state index contributed by atoms with van der Waals surface area (Å²) in [6.07, 6.45) is 1.53. The summed E-state index contributed by atoms with van der Waals surface area (Å²) >= 11 is 1.19. The van der Waals surface area contributed by atoms with E-state index in [2.05, 4.69) is 20.3 Å². The summed E-state index contributed by atoms with van der Waals surface area (Å²) in [7, 11) is 0. The summed E-state index contributed by atoms with van der Waals surface area (Å²) in [5.74, 6) is 0.335. The summed E-state index contributed by atoms with van der Waals surface area (Å²) in [6.45, 7) is 3.75. The van der Waals surface area contributed by atoms with Crippen LogP contribution >= 0.6 is 11.8 Å². The highest BCUT2D eigenvalue weighted by Gasteiger charge is 2.16. The molecule has 0 aliphatic carbocycles. The highest BCUT2D eigenvalue weighted by atomic mass is 32.2. The number of carbonyl (C=O) groups excluding carboxylic acids is 1. The molecule has 0 saturated carbocycles. The first-order valence-corrected chi connectivity index (χ1v) is 8.91. The fraction of sp³-hybridized carbons (Fsp3) is 0.222. The molecule has 1 atom stereocenters. The highest BCUT2D eigenvalue weighted by Crippen LogP contribution is 2.19. The van der Waals surface area contributed by atoms with Gasteiger partial charge in [-0.25, -0.2) is 9.97 Å². The molecule has 0 spiro atoms. The fourth-order valence-electron chi connectivity index (χ4n) is 2.25. The van der Waals surface area contributed by atoms with Gasteiger partial charge in [0.2, 0.25) is 11.8 Å². The van der Waals surface area contributed by atoms with Crippen molar-refractivity contribution >= 4 is 17.7 Å². The Labute approximate surface area is 154 Å². The van der Waals surface area contributed by atoms with E-state index in [-0.39, 0.29) is 18.0 Å². The number of thioether (sulfide) groups is 1. The topological polar surface area (TPSA) is 101 Å². The van der Waals surface area contributed by atoms with Gasteiger partial charge in [0, 0.05) is 17.3 Å². The van der Waals surface area contributed by atoms with E-state index in [0.29, 0.717) is 22.4 Å². The molecule has 2 aromatic heterocycles. The average molecular weight is 370 g/mol. The third-order valence-electron chi connectivity index (χ3n) is 3.52. The van der Waals surface area contributed by atoms with E-state index in [1.165, 1.54) is 24.1 Å². The van der Waals surface area contributed by atoms with Gasteiger partial charge in [0.15, 0.2) is 5.16 Å². The van der Waals surface area contributed by atoms with Gasteiger partial charge in [0.1, 0.15) is 6.26 Å². The quantitative estimate of drug-likeness (QED) is 0.511. The number of carbonyl (C=O) groups is 1. The van der Waals surface area contributed by atoms with Crippen LogP contribution in [0.15, 0.2) is 57.0 Å². The van der Waals surface area contributed by atoms with Gasteiger partial charge < -0.3 is 14.7 Å². The minimum atomic E-state index is -0.416. The number of aromatic nitrogens is 3. The van der Waals surface area contributed by atoms with E-state index >= 15 is 0 Å². The van der Waals surface area contributed by atoms with Gasteiger partial charge in [-0.3, -0.25) is 9.59 Å². The van der Waals surface area contributed by atoms with Crippen molar-refractivity contribution in [2.75, 3.05) is 0 Å². The predicted molar refractivity (Wildman–Crippen MR) is 98.7 cm³/mol. The van der Waals surface area contributed by atoms with Crippen molar-refractivity contribution in [3.05, 3.63) is 64.4 Å². The number of hydrogen-bond acceptors (Lipinski definition) is 6. The van der Waals surface area contributed by atoms with Crippen molar-refractivity contribution in [3.8, 4) is 11.5 Å². The van der Waals surface area contributed by atoms with Gasteiger partial charge in [-0.2, -0.15) is 0 Å². The van der Waals surface area contributed by atoms with Crippen LogP contribution in [0.25, 0.3) is 11.5 Å². The van der Waals surface area contributed by atoms with Gasteiger partial charge >= 0.3 is 0 Å². The molecule has 3 rings (SSSR count). The van der Waals surface area contributed by atoms with Crippen molar-refractivity contribution in [1.82, 2.24) is 20.3 Å². The van der Waals surface area contributed by atoms with Crippen molar-refractivity contribution in [2.45, 2.75) is 30.8 Å². The first-order valence-electron chi connectivity index (χ1n) is 8.03. The molecule has 0 radical (unpaired) electrons. The molecule has 0 saturated heterocycles. The number of hydrogen-bond donors (Lipinski definition) is 2. The molecule has 1 aromatic carbocycles. The second-order valence-corrected chi connectivity index (χ2v) is 7.01. The van der Waals surface area contributed by atoms with E-state index in [1.54, 1.807) is 13.8 Å². The van der Waals surface area contributed by atoms with Crippen LogP contribution in [0.5, 0.6) is 0 Å². The predicted octanol–water partition coefficient (Wildman–Crippen LogP) is 2.53. The molecular formula is C18H18N4O3S. The Hall–Kier alpha value is -2.87. The van der Waals surface area contributed by atoms with E-state index in [4.69, 9.17) is 4.42 Å². The van der Waals surface area contributed by atoms with E-state index in [1.807, 2.05) is 30.3 Å². The van der Waals surface area contributed by atoms with Crippen LogP contribution in [0, 0.1) is 6.92 Å². The second kappa shape index (κ2) is 8.01. The maximum Gasteiger partial charge on any atom is 0.251 e. The number of rotatable bonds is 6. The number of oxazole rings is 1. The summed E-state index contributed by atoms with van der Waals surface area (Å²) < 4.78 is 5.45. The van der Waals surface area contributed by atoms with Crippen LogP contribution in [0.4, 0.5) is 0 Å². The SMILES string of the molecule is Cc1cc(=O)[nH]c(SC(C)C(=O)NCc2coc(-c3ccccc3)n2)n1. The Kier molecular flexibility index (Phi) is 5.52. The average Bonchev–Trinajstić information content (AvgIpc) is 3.08. The maximum absolute atomic E-state index is 12.3. The molecule has 0 aliphatic heterocycles. The Morgan fingerprint density at radius 1 is 1.31 bits per heavy atom. The lowest BCUT2D eigenvalue weighted by Gasteiger charge is -2.10. The molecule has 1 amide bonds. The van der Waals surface area contributed by atoms with Gasteiger partial charge in [0.25, 0.3) is 5.56 Å². The van der Waals surface area contributed by atoms with Crippen molar-refractivity contribution < 1.29 is 9.21 Å². The zero-order valence-corrected chi connectivity index (χ0v) is 15.2. The van der Waals surface area contributed by atoms with Gasteiger partial charge in [-0.05, 0) is 26.0 Å². The smallest absolute Gasteiger partial charge is 0.251 e. The van der Waals surface area contributed by atoms with Gasteiger partial charge in [0.05, 0.1) is 17.5 Å². The molecule has 26 heavy (non-hydrogen) atoms. The number of amides is 1. The van der Waals surface area contributed by atoms with Crippen LogP contribution in [0.3, 0.4) is 0 Å². The molecule has 7 nitrogen and oxygen atoms in total. The molecule has 0 aliphatic rings. The van der Waals surface area contributed by atoms with Crippen LogP contribution in [-0.2, 0) is 11.3 Å². The van der Waals surface area contributed by atoms with E-state index in [0.717, 1.165) is 5.56 Å². The first kappa shape index (κ1) is 17.9. The van der Waals surface area contributed by atoms with Crippen molar-refractivity contribution in [2.24, 2.45) is 0 Å². The first-order chi connectivity index (χ1) is 12.5. The second-order valence-electron chi connectivity index (χ2n) is 5.68. The van der Waals surface area contributed by atoms with Gasteiger partial charge in [-0.15, -0.1) is 0 Å². The number of nitrogens with zero attached hydrogens (tertiary/aromatic N) is 2. The Balaban J connectivity index is 1.56. The number of H-pyrrole nitrogens is 1. The molecule has 0 fully saturated rings. The third kappa shape index (κ3) is 4.60. The summed E-state index contributed by atoms with van der Waals surface area (Å²) in [5.41, 5.74) is 1.89. The number of nitrogens with one attached hydrogen (secondary N) is 2. The fourth-order valence-corrected chi connectivity index (χ4v) is 3.13. The van der Waals surface area contributed by atoms with Gasteiger partial charge in [-0.1, -0.05) is 30.0 Å². The lowest BCUT2D eigenvalue weighted by Crippen LogP contribution is -2.30. The molecule has 2 N–H and O–H groups in total.